The average Bonchev–Trinajstić information content (AvgIpc) is 2.94. The second-order valence-corrected chi connectivity index (χ2v) is 8.16. The highest BCUT2D eigenvalue weighted by Crippen LogP contribution is 2.36. The van der Waals surface area contributed by atoms with Crippen LogP contribution in [0.25, 0.3) is 0 Å². The zero-order chi connectivity index (χ0) is 18.9. The summed E-state index contributed by atoms with van der Waals surface area (Å²) in [7, 11) is 0. The minimum atomic E-state index is -0.496. The van der Waals surface area contributed by atoms with E-state index in [0.29, 0.717) is 31.0 Å². The minimum absolute atomic E-state index is 0.231. The van der Waals surface area contributed by atoms with Crippen molar-refractivity contribution in [3.63, 3.8) is 0 Å². The normalized spacial score (nSPS) is 16.7. The Morgan fingerprint density at radius 3 is 2.77 bits per heavy atom. The van der Waals surface area contributed by atoms with Gasteiger partial charge in [-0.2, -0.15) is 0 Å². The summed E-state index contributed by atoms with van der Waals surface area (Å²) in [5.74, 6) is 0.325. The van der Waals surface area contributed by atoms with Gasteiger partial charge in [-0.3, -0.25) is 0 Å². The van der Waals surface area contributed by atoms with E-state index in [1.54, 1.807) is 17.0 Å². The van der Waals surface area contributed by atoms with E-state index in [-0.39, 0.29) is 18.7 Å². The molecule has 1 aromatic rings. The number of hydrogen-bond acceptors (Lipinski definition) is 5. The van der Waals surface area contributed by atoms with Crippen molar-refractivity contribution in [3.8, 4) is 5.75 Å². The Morgan fingerprint density at radius 2 is 2.12 bits per heavy atom. The number of benzene rings is 1. The van der Waals surface area contributed by atoms with Crippen molar-refractivity contribution in [3.05, 3.63) is 39.4 Å². The lowest BCUT2D eigenvalue weighted by atomic mass is 10.1. The second kappa shape index (κ2) is 7.31. The smallest absolute Gasteiger partial charge is 0.410 e. The van der Waals surface area contributed by atoms with Crippen LogP contribution in [-0.2, 0) is 16.1 Å². The maximum Gasteiger partial charge on any atom is 0.410 e. The van der Waals surface area contributed by atoms with Crippen LogP contribution in [0.5, 0.6) is 5.75 Å². The van der Waals surface area contributed by atoms with Crippen LogP contribution in [0.4, 0.5) is 4.79 Å². The summed E-state index contributed by atoms with van der Waals surface area (Å²) in [6.07, 6.45) is 2.42. The molecule has 2 heterocycles. The van der Waals surface area contributed by atoms with Crippen molar-refractivity contribution in [2.24, 2.45) is 0 Å². The van der Waals surface area contributed by atoms with Crippen molar-refractivity contribution in [2.75, 3.05) is 19.7 Å². The Labute approximate surface area is 161 Å². The lowest BCUT2D eigenvalue weighted by molar-refractivity contribution is 0.0263. The summed E-state index contributed by atoms with van der Waals surface area (Å²) in [6, 6.07) is 3.53. The molecule has 6 nitrogen and oxygen atoms in total. The van der Waals surface area contributed by atoms with E-state index >= 15 is 0 Å². The van der Waals surface area contributed by atoms with E-state index in [1.807, 2.05) is 26.8 Å². The van der Waals surface area contributed by atoms with Crippen molar-refractivity contribution < 1.29 is 23.8 Å². The number of fused-ring (bicyclic) bond motifs is 1. The van der Waals surface area contributed by atoms with Crippen LogP contribution in [0.2, 0.25) is 0 Å². The molecule has 0 radical (unpaired) electrons. The van der Waals surface area contributed by atoms with Crippen LogP contribution >= 0.6 is 15.9 Å². The molecule has 0 N–H and O–H groups in total. The molecule has 0 atom stereocenters. The highest BCUT2D eigenvalue weighted by molar-refractivity contribution is 9.10. The second-order valence-electron chi connectivity index (χ2n) is 7.31. The molecule has 0 bridgehead atoms. The molecule has 2 aliphatic rings. The Balaban J connectivity index is 1.61. The van der Waals surface area contributed by atoms with Crippen molar-refractivity contribution in [1.82, 2.24) is 4.90 Å². The molecule has 1 amide bonds. The number of ether oxygens (including phenoxy) is 3. The van der Waals surface area contributed by atoms with E-state index < -0.39 is 5.60 Å². The van der Waals surface area contributed by atoms with Crippen LogP contribution in [0.15, 0.2) is 28.3 Å². The fraction of sp³-hybridized carbons (Fsp3) is 0.474. The Bertz CT molecular complexity index is 766. The van der Waals surface area contributed by atoms with Gasteiger partial charge in [0.25, 0.3) is 0 Å². The molecule has 0 aromatic heterocycles. The molecule has 2 aliphatic heterocycles. The van der Waals surface area contributed by atoms with Crippen LogP contribution < -0.4 is 4.74 Å². The molecule has 140 valence electrons. The largest absolute Gasteiger partial charge is 0.488 e. The summed E-state index contributed by atoms with van der Waals surface area (Å²) in [5.41, 5.74) is 1.94. The van der Waals surface area contributed by atoms with Gasteiger partial charge in [0.1, 0.15) is 24.6 Å². The van der Waals surface area contributed by atoms with Gasteiger partial charge >= 0.3 is 12.1 Å². The maximum absolute atomic E-state index is 12.1. The molecule has 0 saturated heterocycles. The van der Waals surface area contributed by atoms with Gasteiger partial charge in [-0.15, -0.1) is 0 Å². The lowest BCUT2D eigenvalue weighted by Crippen LogP contribution is -2.39. The molecular formula is C19H22BrNO5. The fourth-order valence-corrected chi connectivity index (χ4v) is 3.29. The first-order valence-corrected chi connectivity index (χ1v) is 9.31. The number of halogens is 1. The Hall–Kier alpha value is -2.02. The summed E-state index contributed by atoms with van der Waals surface area (Å²) in [4.78, 5) is 25.5. The SMILES string of the molecule is CC(C)(C)OC(=O)N1CC=C(COc2c(Br)ccc3c2COC3=O)CC1. The minimum Gasteiger partial charge on any atom is -0.488 e. The molecule has 0 spiro atoms. The summed E-state index contributed by atoms with van der Waals surface area (Å²) < 4.78 is 17.2. The van der Waals surface area contributed by atoms with E-state index in [1.165, 1.54) is 0 Å². The number of carbonyl (C=O) groups excluding carboxylic acids is 2. The van der Waals surface area contributed by atoms with Gasteiger partial charge in [-0.05, 0) is 60.8 Å². The monoisotopic (exact) mass is 423 g/mol. The van der Waals surface area contributed by atoms with Gasteiger partial charge in [0.15, 0.2) is 0 Å². The predicted molar refractivity (Wildman–Crippen MR) is 99.3 cm³/mol. The number of carbonyl (C=O) groups is 2. The number of amides is 1. The van der Waals surface area contributed by atoms with Crippen molar-refractivity contribution in [1.29, 1.82) is 0 Å². The standard InChI is InChI=1S/C19H22BrNO5/c1-19(2,3)26-18(23)21-8-6-12(7-9-21)10-24-16-14-11-25-17(22)13(14)4-5-15(16)20/h4-6H,7-11H2,1-3H3. The van der Waals surface area contributed by atoms with E-state index in [0.717, 1.165) is 22.0 Å². The first-order chi connectivity index (χ1) is 12.2. The van der Waals surface area contributed by atoms with Crippen molar-refractivity contribution in [2.45, 2.75) is 39.4 Å². The third-order valence-electron chi connectivity index (χ3n) is 4.14. The first-order valence-electron chi connectivity index (χ1n) is 8.52. The van der Waals surface area contributed by atoms with Crippen LogP contribution in [0.1, 0.15) is 43.1 Å². The van der Waals surface area contributed by atoms with E-state index in [2.05, 4.69) is 15.9 Å². The molecule has 7 heteroatoms. The fourth-order valence-electron chi connectivity index (χ4n) is 2.80. The Kier molecular flexibility index (Phi) is 5.27. The molecule has 0 aliphatic carbocycles. The van der Waals surface area contributed by atoms with Crippen LogP contribution in [-0.4, -0.2) is 42.3 Å². The van der Waals surface area contributed by atoms with Gasteiger partial charge in [-0.1, -0.05) is 6.08 Å². The van der Waals surface area contributed by atoms with Gasteiger partial charge in [0, 0.05) is 18.7 Å². The number of rotatable bonds is 3. The zero-order valence-electron chi connectivity index (χ0n) is 15.1. The van der Waals surface area contributed by atoms with E-state index in [4.69, 9.17) is 14.2 Å². The van der Waals surface area contributed by atoms with E-state index in [9.17, 15) is 9.59 Å². The van der Waals surface area contributed by atoms with Crippen LogP contribution in [0, 0.1) is 0 Å². The quantitative estimate of drug-likeness (QED) is 0.541. The first kappa shape index (κ1) is 18.8. The summed E-state index contributed by atoms with van der Waals surface area (Å²) >= 11 is 3.47. The summed E-state index contributed by atoms with van der Waals surface area (Å²) in [6.45, 7) is 7.31. The van der Waals surface area contributed by atoms with Crippen LogP contribution in [0.3, 0.4) is 0 Å². The Morgan fingerprint density at radius 1 is 1.35 bits per heavy atom. The molecular weight excluding hydrogens is 402 g/mol. The van der Waals surface area contributed by atoms with Gasteiger partial charge in [0.2, 0.25) is 0 Å². The van der Waals surface area contributed by atoms with Gasteiger partial charge in [0.05, 0.1) is 10.0 Å². The molecule has 1 aromatic carbocycles. The maximum atomic E-state index is 12.1. The lowest BCUT2D eigenvalue weighted by Gasteiger charge is -2.29. The van der Waals surface area contributed by atoms with Gasteiger partial charge in [-0.25, -0.2) is 9.59 Å². The molecule has 0 saturated carbocycles. The third kappa shape index (κ3) is 4.20. The number of cyclic esters (lactones) is 1. The average molecular weight is 424 g/mol. The number of esters is 1. The molecule has 0 fully saturated rings. The third-order valence-corrected chi connectivity index (χ3v) is 4.76. The predicted octanol–water partition coefficient (Wildman–Crippen LogP) is 4.07. The molecule has 0 unspecified atom stereocenters. The topological polar surface area (TPSA) is 65.1 Å². The number of nitrogens with zero attached hydrogens (tertiary/aromatic N) is 1. The number of hydrogen-bond donors (Lipinski definition) is 0. The van der Waals surface area contributed by atoms with Gasteiger partial charge < -0.3 is 19.1 Å². The molecule has 3 rings (SSSR count). The zero-order valence-corrected chi connectivity index (χ0v) is 16.7. The highest BCUT2D eigenvalue weighted by Gasteiger charge is 2.27. The summed E-state index contributed by atoms with van der Waals surface area (Å²) in [5, 5.41) is 0. The molecule has 26 heavy (non-hydrogen) atoms. The highest BCUT2D eigenvalue weighted by atomic mass is 79.9. The van der Waals surface area contributed by atoms with Crippen molar-refractivity contribution >= 4 is 28.0 Å².